The van der Waals surface area contributed by atoms with E-state index in [0.29, 0.717) is 17.1 Å². The molecule has 0 aliphatic rings. The van der Waals surface area contributed by atoms with Gasteiger partial charge in [0.15, 0.2) is 0 Å². The number of hydrogen-bond donors (Lipinski definition) is 0. The highest BCUT2D eigenvalue weighted by molar-refractivity contribution is 6.33. The lowest BCUT2D eigenvalue weighted by molar-refractivity contribution is 0.0690. The van der Waals surface area contributed by atoms with Crippen LogP contribution in [0.3, 0.4) is 0 Å². The second kappa shape index (κ2) is 6.68. The Bertz CT molecular complexity index is 629. The minimum absolute atomic E-state index is 0.0510. The fourth-order valence-electron chi connectivity index (χ4n) is 2.02. The molecule has 2 heterocycles. The van der Waals surface area contributed by atoms with Crippen LogP contribution in [0.4, 0.5) is 0 Å². The van der Waals surface area contributed by atoms with Crippen LogP contribution in [0.25, 0.3) is 0 Å². The number of rotatable bonds is 4. The molecule has 0 bridgehead atoms. The third-order valence-electron chi connectivity index (χ3n) is 3.18. The third-order valence-corrected chi connectivity index (χ3v) is 3.49. The lowest BCUT2D eigenvalue weighted by Gasteiger charge is -2.27. The Balaban J connectivity index is 2.27. The molecule has 0 saturated heterocycles. The molecule has 5 heteroatoms. The van der Waals surface area contributed by atoms with E-state index in [9.17, 15) is 4.79 Å². The number of nitrogens with zero attached hydrogens (tertiary/aromatic N) is 3. The Morgan fingerprint density at radius 3 is 2.71 bits per heavy atom. The van der Waals surface area contributed by atoms with Crippen LogP contribution < -0.4 is 0 Å². The van der Waals surface area contributed by atoms with Crippen molar-refractivity contribution in [2.24, 2.45) is 0 Å². The second-order valence-electron chi connectivity index (χ2n) is 5.19. The van der Waals surface area contributed by atoms with Crippen LogP contribution in [0.15, 0.2) is 36.8 Å². The molecular formula is C16H18ClN3O. The first-order valence-corrected chi connectivity index (χ1v) is 7.19. The van der Waals surface area contributed by atoms with Gasteiger partial charge in [0, 0.05) is 36.9 Å². The fraction of sp³-hybridized carbons (Fsp3) is 0.312. The van der Waals surface area contributed by atoms with Crippen molar-refractivity contribution in [2.45, 2.75) is 33.4 Å². The number of aryl methyl sites for hydroxylation is 1. The number of hydrogen-bond acceptors (Lipinski definition) is 3. The van der Waals surface area contributed by atoms with E-state index in [1.54, 1.807) is 29.6 Å². The number of halogens is 1. The number of carbonyl (C=O) groups is 1. The highest BCUT2D eigenvalue weighted by atomic mass is 35.5. The van der Waals surface area contributed by atoms with Crippen molar-refractivity contribution in [3.8, 4) is 0 Å². The Kier molecular flexibility index (Phi) is 4.91. The fourth-order valence-corrected chi connectivity index (χ4v) is 2.30. The van der Waals surface area contributed by atoms with Crippen molar-refractivity contribution in [1.29, 1.82) is 0 Å². The van der Waals surface area contributed by atoms with E-state index >= 15 is 0 Å². The SMILES string of the molecule is Cc1cc(Cl)c(C(=O)N(Cc2cccnc2)C(C)C)cn1. The highest BCUT2D eigenvalue weighted by Gasteiger charge is 2.21. The van der Waals surface area contributed by atoms with Gasteiger partial charge in [0.1, 0.15) is 0 Å². The van der Waals surface area contributed by atoms with Crippen molar-refractivity contribution < 1.29 is 4.79 Å². The van der Waals surface area contributed by atoms with E-state index in [-0.39, 0.29) is 11.9 Å². The van der Waals surface area contributed by atoms with Gasteiger partial charge in [-0.1, -0.05) is 17.7 Å². The lowest BCUT2D eigenvalue weighted by atomic mass is 10.1. The van der Waals surface area contributed by atoms with Crippen molar-refractivity contribution in [2.75, 3.05) is 0 Å². The summed E-state index contributed by atoms with van der Waals surface area (Å²) in [6, 6.07) is 5.57. The third kappa shape index (κ3) is 3.79. The van der Waals surface area contributed by atoms with Crippen molar-refractivity contribution in [3.63, 3.8) is 0 Å². The summed E-state index contributed by atoms with van der Waals surface area (Å²) < 4.78 is 0. The Morgan fingerprint density at radius 1 is 1.38 bits per heavy atom. The number of pyridine rings is 2. The van der Waals surface area contributed by atoms with Crippen LogP contribution >= 0.6 is 11.6 Å². The van der Waals surface area contributed by atoms with E-state index in [1.807, 2.05) is 32.9 Å². The molecule has 0 unspecified atom stereocenters. The van der Waals surface area contributed by atoms with Crippen molar-refractivity contribution >= 4 is 17.5 Å². The quantitative estimate of drug-likeness (QED) is 0.868. The average Bonchev–Trinajstić information content (AvgIpc) is 2.45. The number of carbonyl (C=O) groups excluding carboxylic acids is 1. The minimum Gasteiger partial charge on any atom is -0.332 e. The van der Waals surface area contributed by atoms with E-state index in [2.05, 4.69) is 9.97 Å². The van der Waals surface area contributed by atoms with Gasteiger partial charge in [-0.2, -0.15) is 0 Å². The first-order valence-electron chi connectivity index (χ1n) is 6.81. The van der Waals surface area contributed by atoms with Gasteiger partial charge in [-0.15, -0.1) is 0 Å². The first kappa shape index (κ1) is 15.4. The molecule has 21 heavy (non-hydrogen) atoms. The molecule has 2 aromatic rings. The topological polar surface area (TPSA) is 46.1 Å². The molecule has 0 N–H and O–H groups in total. The maximum absolute atomic E-state index is 12.7. The largest absolute Gasteiger partial charge is 0.332 e. The standard InChI is InChI=1S/C16H18ClN3O/c1-11(2)20(10-13-5-4-6-18-8-13)16(21)14-9-19-12(3)7-15(14)17/h4-9,11H,10H2,1-3H3. The van der Waals surface area contributed by atoms with E-state index in [4.69, 9.17) is 11.6 Å². The normalized spacial score (nSPS) is 10.7. The molecule has 2 aromatic heterocycles. The monoisotopic (exact) mass is 303 g/mol. The summed E-state index contributed by atoms with van der Waals surface area (Å²) in [6.45, 7) is 6.29. The zero-order chi connectivity index (χ0) is 15.4. The van der Waals surface area contributed by atoms with Gasteiger partial charge >= 0.3 is 0 Å². The predicted octanol–water partition coefficient (Wildman–Crippen LogP) is 3.49. The minimum atomic E-state index is -0.119. The molecule has 0 aliphatic heterocycles. The molecule has 0 atom stereocenters. The van der Waals surface area contributed by atoms with Crippen molar-refractivity contribution in [1.82, 2.24) is 14.9 Å². The Morgan fingerprint density at radius 2 is 2.14 bits per heavy atom. The number of amides is 1. The average molecular weight is 304 g/mol. The molecule has 0 saturated carbocycles. The summed E-state index contributed by atoms with van der Waals surface area (Å²) in [5, 5.41) is 0.435. The van der Waals surface area contributed by atoms with Crippen LogP contribution in [0, 0.1) is 6.92 Å². The molecule has 0 aliphatic carbocycles. The smallest absolute Gasteiger partial charge is 0.257 e. The molecule has 110 valence electrons. The summed E-state index contributed by atoms with van der Waals surface area (Å²) in [5.74, 6) is -0.119. The molecule has 0 spiro atoms. The van der Waals surface area contributed by atoms with Gasteiger partial charge in [-0.3, -0.25) is 14.8 Å². The summed E-state index contributed by atoms with van der Waals surface area (Å²) in [4.78, 5) is 22.7. The Hall–Kier alpha value is -1.94. The molecule has 1 amide bonds. The van der Waals surface area contributed by atoms with Crippen molar-refractivity contribution in [3.05, 3.63) is 58.6 Å². The second-order valence-corrected chi connectivity index (χ2v) is 5.60. The van der Waals surface area contributed by atoms with Crippen LogP contribution in [0.5, 0.6) is 0 Å². The maximum atomic E-state index is 12.7. The molecule has 4 nitrogen and oxygen atoms in total. The molecule has 0 aromatic carbocycles. The molecule has 2 rings (SSSR count). The van der Waals surface area contributed by atoms with E-state index in [0.717, 1.165) is 11.3 Å². The van der Waals surface area contributed by atoms with Crippen LogP contribution in [-0.2, 0) is 6.54 Å². The number of aromatic nitrogens is 2. The van der Waals surface area contributed by atoms with Crippen LogP contribution in [0.2, 0.25) is 5.02 Å². The zero-order valence-electron chi connectivity index (χ0n) is 12.4. The summed E-state index contributed by atoms with van der Waals surface area (Å²) in [6.07, 6.45) is 5.02. The van der Waals surface area contributed by atoms with Gasteiger partial charge in [0.05, 0.1) is 10.6 Å². The zero-order valence-corrected chi connectivity index (χ0v) is 13.1. The predicted molar refractivity (Wildman–Crippen MR) is 83.2 cm³/mol. The van der Waals surface area contributed by atoms with Gasteiger partial charge in [-0.05, 0) is 38.5 Å². The van der Waals surface area contributed by atoms with Gasteiger partial charge in [0.25, 0.3) is 5.91 Å². The highest BCUT2D eigenvalue weighted by Crippen LogP contribution is 2.20. The maximum Gasteiger partial charge on any atom is 0.257 e. The molecule has 0 radical (unpaired) electrons. The molecular weight excluding hydrogens is 286 g/mol. The lowest BCUT2D eigenvalue weighted by Crippen LogP contribution is -2.36. The summed E-state index contributed by atoms with van der Waals surface area (Å²) in [7, 11) is 0. The van der Waals surface area contributed by atoms with Gasteiger partial charge in [0.2, 0.25) is 0 Å². The van der Waals surface area contributed by atoms with E-state index < -0.39 is 0 Å². The summed E-state index contributed by atoms with van der Waals surface area (Å²) >= 11 is 6.18. The van der Waals surface area contributed by atoms with Gasteiger partial charge in [-0.25, -0.2) is 0 Å². The van der Waals surface area contributed by atoms with Crippen LogP contribution in [0.1, 0.15) is 35.5 Å². The molecule has 0 fully saturated rings. The van der Waals surface area contributed by atoms with Gasteiger partial charge < -0.3 is 4.90 Å². The van der Waals surface area contributed by atoms with Crippen LogP contribution in [-0.4, -0.2) is 26.8 Å². The van der Waals surface area contributed by atoms with E-state index in [1.165, 1.54) is 0 Å². The first-order chi connectivity index (χ1) is 9.99. The summed E-state index contributed by atoms with van der Waals surface area (Å²) in [5.41, 5.74) is 2.20. The Labute approximate surface area is 129 Å².